The van der Waals surface area contributed by atoms with Crippen LogP contribution in [0.4, 0.5) is 0 Å². The molecule has 1 aliphatic rings. The van der Waals surface area contributed by atoms with Gasteiger partial charge in [0.2, 0.25) is 0 Å². The van der Waals surface area contributed by atoms with Gasteiger partial charge < -0.3 is 14.2 Å². The van der Waals surface area contributed by atoms with Crippen molar-refractivity contribution in [1.82, 2.24) is 0 Å². The van der Waals surface area contributed by atoms with Crippen LogP contribution < -0.4 is 4.74 Å². The van der Waals surface area contributed by atoms with Crippen LogP contribution >= 0.6 is 0 Å². The van der Waals surface area contributed by atoms with Gasteiger partial charge in [-0.05, 0) is 18.6 Å². The SMILES string of the molecule is C=CCOc1ccc([C@H]2OC[C@H](CCCCC)CO2)cc1. The quantitative estimate of drug-likeness (QED) is 0.521. The summed E-state index contributed by atoms with van der Waals surface area (Å²) < 4.78 is 17.2. The lowest BCUT2D eigenvalue weighted by atomic mass is 10.0. The Bertz CT molecular complexity index is 405. The summed E-state index contributed by atoms with van der Waals surface area (Å²) in [5.41, 5.74) is 1.05. The van der Waals surface area contributed by atoms with Crippen LogP contribution in [0.15, 0.2) is 36.9 Å². The van der Waals surface area contributed by atoms with Crippen molar-refractivity contribution in [3.8, 4) is 5.75 Å². The zero-order valence-electron chi connectivity index (χ0n) is 12.9. The molecule has 2 rings (SSSR count). The molecule has 1 aromatic carbocycles. The van der Waals surface area contributed by atoms with Gasteiger partial charge in [0.1, 0.15) is 12.4 Å². The Morgan fingerprint density at radius 1 is 1.19 bits per heavy atom. The molecule has 0 atom stereocenters. The van der Waals surface area contributed by atoms with E-state index in [0.717, 1.165) is 24.5 Å². The Morgan fingerprint density at radius 3 is 2.52 bits per heavy atom. The summed E-state index contributed by atoms with van der Waals surface area (Å²) in [5, 5.41) is 0. The van der Waals surface area contributed by atoms with Crippen molar-refractivity contribution in [2.75, 3.05) is 19.8 Å². The van der Waals surface area contributed by atoms with Crippen LogP contribution in [0.1, 0.15) is 44.5 Å². The van der Waals surface area contributed by atoms with Gasteiger partial charge in [-0.25, -0.2) is 0 Å². The molecule has 0 aliphatic carbocycles. The summed E-state index contributed by atoms with van der Waals surface area (Å²) in [6.07, 6.45) is 6.53. The molecular weight excluding hydrogens is 264 g/mol. The molecule has 116 valence electrons. The van der Waals surface area contributed by atoms with Crippen molar-refractivity contribution in [1.29, 1.82) is 0 Å². The third kappa shape index (κ3) is 5.18. The first-order valence-electron chi connectivity index (χ1n) is 7.90. The lowest BCUT2D eigenvalue weighted by Crippen LogP contribution is -2.27. The van der Waals surface area contributed by atoms with Gasteiger partial charge in [0.15, 0.2) is 6.29 Å². The molecule has 0 spiro atoms. The minimum atomic E-state index is -0.235. The van der Waals surface area contributed by atoms with E-state index in [1.54, 1.807) is 6.08 Å². The van der Waals surface area contributed by atoms with Crippen LogP contribution in [0.3, 0.4) is 0 Å². The highest BCUT2D eigenvalue weighted by molar-refractivity contribution is 5.28. The Balaban J connectivity index is 1.77. The van der Waals surface area contributed by atoms with Crippen molar-refractivity contribution in [2.24, 2.45) is 5.92 Å². The standard InChI is InChI=1S/C18H26O3/c1-3-5-6-7-15-13-20-18(21-14-15)16-8-10-17(11-9-16)19-12-4-2/h4,8-11,15,18H,2-3,5-7,12-14H2,1H3/t15-,18-. The van der Waals surface area contributed by atoms with Crippen LogP contribution in [0.5, 0.6) is 5.75 Å². The number of hydrogen-bond acceptors (Lipinski definition) is 3. The van der Waals surface area contributed by atoms with E-state index in [1.165, 1.54) is 25.7 Å². The highest BCUT2D eigenvalue weighted by Gasteiger charge is 2.23. The third-order valence-corrected chi connectivity index (χ3v) is 3.70. The van der Waals surface area contributed by atoms with Gasteiger partial charge >= 0.3 is 0 Å². The lowest BCUT2D eigenvalue weighted by molar-refractivity contribution is -0.206. The van der Waals surface area contributed by atoms with Crippen molar-refractivity contribution in [3.63, 3.8) is 0 Å². The molecule has 0 aromatic heterocycles. The smallest absolute Gasteiger partial charge is 0.183 e. The number of rotatable bonds is 8. The molecule has 1 aromatic rings. The molecule has 0 amide bonds. The van der Waals surface area contributed by atoms with Gasteiger partial charge in [-0.2, -0.15) is 0 Å². The van der Waals surface area contributed by atoms with Crippen molar-refractivity contribution >= 4 is 0 Å². The normalized spacial score (nSPS) is 22.0. The van der Waals surface area contributed by atoms with Crippen molar-refractivity contribution in [3.05, 3.63) is 42.5 Å². The molecular formula is C18H26O3. The van der Waals surface area contributed by atoms with Gasteiger partial charge in [-0.15, -0.1) is 0 Å². The zero-order chi connectivity index (χ0) is 14.9. The van der Waals surface area contributed by atoms with Crippen LogP contribution in [0, 0.1) is 5.92 Å². The van der Waals surface area contributed by atoms with Crippen LogP contribution in [0.25, 0.3) is 0 Å². The molecule has 0 bridgehead atoms. The van der Waals surface area contributed by atoms with Crippen molar-refractivity contribution < 1.29 is 14.2 Å². The Labute approximate surface area is 127 Å². The average molecular weight is 290 g/mol. The minimum absolute atomic E-state index is 0.235. The first kappa shape index (κ1) is 16.1. The Hall–Kier alpha value is -1.32. The molecule has 0 unspecified atom stereocenters. The summed E-state index contributed by atoms with van der Waals surface area (Å²) in [7, 11) is 0. The van der Waals surface area contributed by atoms with E-state index in [9.17, 15) is 0 Å². The maximum Gasteiger partial charge on any atom is 0.183 e. The molecule has 1 saturated heterocycles. The van der Waals surface area contributed by atoms with Gasteiger partial charge in [-0.1, -0.05) is 51.0 Å². The molecule has 1 fully saturated rings. The molecule has 21 heavy (non-hydrogen) atoms. The fraction of sp³-hybridized carbons (Fsp3) is 0.556. The van der Waals surface area contributed by atoms with Gasteiger partial charge in [0.25, 0.3) is 0 Å². The summed E-state index contributed by atoms with van der Waals surface area (Å²) in [5.74, 6) is 1.38. The lowest BCUT2D eigenvalue weighted by Gasteiger charge is -2.29. The van der Waals surface area contributed by atoms with E-state index in [-0.39, 0.29) is 6.29 Å². The average Bonchev–Trinajstić information content (AvgIpc) is 2.54. The zero-order valence-corrected chi connectivity index (χ0v) is 12.9. The molecule has 3 heteroatoms. The number of hydrogen-bond donors (Lipinski definition) is 0. The number of ether oxygens (including phenoxy) is 3. The molecule has 1 heterocycles. The largest absolute Gasteiger partial charge is 0.490 e. The fourth-order valence-corrected chi connectivity index (χ4v) is 2.46. The third-order valence-electron chi connectivity index (χ3n) is 3.70. The van der Waals surface area contributed by atoms with E-state index in [1.807, 2.05) is 24.3 Å². The van der Waals surface area contributed by atoms with E-state index < -0.39 is 0 Å². The van der Waals surface area contributed by atoms with Gasteiger partial charge in [0.05, 0.1) is 13.2 Å². The number of benzene rings is 1. The molecule has 0 saturated carbocycles. The molecule has 0 N–H and O–H groups in total. The second-order valence-electron chi connectivity index (χ2n) is 5.53. The second kappa shape index (κ2) is 8.85. The topological polar surface area (TPSA) is 27.7 Å². The van der Waals surface area contributed by atoms with E-state index >= 15 is 0 Å². The maximum absolute atomic E-state index is 5.85. The molecule has 1 aliphatic heterocycles. The first-order valence-corrected chi connectivity index (χ1v) is 7.90. The Kier molecular flexibility index (Phi) is 6.77. The highest BCUT2D eigenvalue weighted by atomic mass is 16.7. The van der Waals surface area contributed by atoms with Gasteiger partial charge in [0, 0.05) is 11.5 Å². The molecule has 3 nitrogen and oxygen atoms in total. The van der Waals surface area contributed by atoms with E-state index in [4.69, 9.17) is 14.2 Å². The van der Waals surface area contributed by atoms with E-state index in [0.29, 0.717) is 12.5 Å². The second-order valence-corrected chi connectivity index (χ2v) is 5.53. The maximum atomic E-state index is 5.85. The summed E-state index contributed by atoms with van der Waals surface area (Å²) in [6.45, 7) is 7.98. The minimum Gasteiger partial charge on any atom is -0.490 e. The summed E-state index contributed by atoms with van der Waals surface area (Å²) >= 11 is 0. The van der Waals surface area contributed by atoms with Crippen LogP contribution in [-0.4, -0.2) is 19.8 Å². The van der Waals surface area contributed by atoms with E-state index in [2.05, 4.69) is 13.5 Å². The fourth-order valence-electron chi connectivity index (χ4n) is 2.46. The van der Waals surface area contributed by atoms with Crippen molar-refractivity contribution in [2.45, 2.75) is 38.9 Å². The van der Waals surface area contributed by atoms with Crippen LogP contribution in [-0.2, 0) is 9.47 Å². The summed E-state index contributed by atoms with van der Waals surface area (Å²) in [4.78, 5) is 0. The number of unbranched alkanes of at least 4 members (excludes halogenated alkanes) is 2. The monoisotopic (exact) mass is 290 g/mol. The predicted octanol–water partition coefficient (Wildman–Crippen LogP) is 4.49. The van der Waals surface area contributed by atoms with Crippen LogP contribution in [0.2, 0.25) is 0 Å². The van der Waals surface area contributed by atoms with Gasteiger partial charge in [-0.3, -0.25) is 0 Å². The molecule has 0 radical (unpaired) electrons. The Morgan fingerprint density at radius 2 is 1.90 bits per heavy atom. The summed E-state index contributed by atoms with van der Waals surface area (Å²) in [6, 6.07) is 7.89. The predicted molar refractivity (Wildman–Crippen MR) is 84.4 cm³/mol. The highest BCUT2D eigenvalue weighted by Crippen LogP contribution is 2.28. The first-order chi connectivity index (χ1) is 10.3.